The molecule has 0 spiro atoms. The number of phosphoric acid groups is 1. The van der Waals surface area contributed by atoms with Crippen LogP contribution in [-0.2, 0) is 13.8 Å². The van der Waals surface area contributed by atoms with Gasteiger partial charge in [0.15, 0.2) is 29.4 Å². The van der Waals surface area contributed by atoms with E-state index in [1.165, 1.54) is 10.9 Å². The molecule has 14 heteroatoms. The van der Waals surface area contributed by atoms with Gasteiger partial charge in [-0.05, 0) is 0 Å². The van der Waals surface area contributed by atoms with Crippen molar-refractivity contribution in [2.24, 2.45) is 0 Å². The lowest BCUT2D eigenvalue weighted by Gasteiger charge is -2.16. The van der Waals surface area contributed by atoms with Gasteiger partial charge in [-0.15, -0.1) is 0 Å². The Morgan fingerprint density at radius 3 is 2.77 bits per heavy atom. The molecule has 2 aromatic rings. The first-order chi connectivity index (χ1) is 12.1. The van der Waals surface area contributed by atoms with E-state index in [0.29, 0.717) is 11.3 Å². The van der Waals surface area contributed by atoms with Crippen LogP contribution in [0.4, 0.5) is 16.2 Å². The molecule has 3 heterocycles. The molecule has 0 radical (unpaired) electrons. The van der Waals surface area contributed by atoms with E-state index in [9.17, 15) is 14.1 Å². The standard InChI is InChI=1S/C12H18FN6O6P/c1-18(2)9-7-10(17-12(14)16-9)19(4-15-7)11-6(13)8(20)5(25-11)3-24-26(21,22)23/h4-6,8,11,20H,3H2,1-2H3,(H2,14,16,17)(H2,21,22,23)/t5-,6-,8-,11-/m1/s1. The van der Waals surface area contributed by atoms with E-state index >= 15 is 0 Å². The van der Waals surface area contributed by atoms with Gasteiger partial charge in [-0.2, -0.15) is 9.97 Å². The van der Waals surface area contributed by atoms with Gasteiger partial charge in [0, 0.05) is 14.1 Å². The molecule has 1 saturated heterocycles. The Kier molecular flexibility index (Phi) is 4.86. The SMILES string of the molecule is CN(C)c1nc(N)nc2c1ncn2[C@@H]1O[C@H](COP(=O)(O)O)[C@@H](O)[C@H]1F. The number of phosphoric ester groups is 1. The minimum absolute atomic E-state index is 0.0571. The highest BCUT2D eigenvalue weighted by atomic mass is 31.2. The van der Waals surface area contributed by atoms with Crippen LogP contribution in [0.25, 0.3) is 11.2 Å². The fourth-order valence-corrected chi connectivity index (χ4v) is 2.99. The number of aliphatic hydroxyl groups excluding tert-OH is 1. The summed E-state index contributed by atoms with van der Waals surface area (Å²) in [4.78, 5) is 31.4. The van der Waals surface area contributed by atoms with Crippen molar-refractivity contribution in [3.05, 3.63) is 6.33 Å². The number of hydrogen-bond donors (Lipinski definition) is 4. The lowest BCUT2D eigenvalue weighted by molar-refractivity contribution is -0.0451. The van der Waals surface area contributed by atoms with Gasteiger partial charge in [0.2, 0.25) is 5.95 Å². The van der Waals surface area contributed by atoms with Gasteiger partial charge < -0.3 is 30.3 Å². The average molecular weight is 392 g/mol. The van der Waals surface area contributed by atoms with Gasteiger partial charge >= 0.3 is 7.82 Å². The van der Waals surface area contributed by atoms with E-state index in [-0.39, 0.29) is 11.6 Å². The fourth-order valence-electron chi connectivity index (χ4n) is 2.65. The number of alkyl halides is 1. The van der Waals surface area contributed by atoms with Gasteiger partial charge in [-0.1, -0.05) is 0 Å². The number of hydrogen-bond acceptors (Lipinski definition) is 9. The molecule has 1 fully saturated rings. The predicted octanol–water partition coefficient (Wildman–Crippen LogP) is -0.820. The van der Waals surface area contributed by atoms with Crippen molar-refractivity contribution < 1.29 is 33.1 Å². The molecular formula is C12H18FN6O6P. The molecule has 5 N–H and O–H groups in total. The van der Waals surface area contributed by atoms with Gasteiger partial charge in [0.05, 0.1) is 12.9 Å². The Labute approximate surface area is 146 Å². The largest absolute Gasteiger partial charge is 0.469 e. The number of halogens is 1. The number of nitrogens with zero attached hydrogens (tertiary/aromatic N) is 5. The maximum absolute atomic E-state index is 14.5. The minimum atomic E-state index is -4.78. The predicted molar refractivity (Wildman–Crippen MR) is 86.9 cm³/mol. The van der Waals surface area contributed by atoms with E-state index in [1.54, 1.807) is 19.0 Å². The van der Waals surface area contributed by atoms with Crippen molar-refractivity contribution in [3.63, 3.8) is 0 Å². The summed E-state index contributed by atoms with van der Waals surface area (Å²) in [6.45, 7) is -0.685. The number of ether oxygens (including phenoxy) is 1. The molecule has 3 rings (SSSR count). The molecule has 0 aliphatic carbocycles. The van der Waals surface area contributed by atoms with Crippen LogP contribution in [0.5, 0.6) is 0 Å². The maximum atomic E-state index is 14.5. The molecule has 1 aliphatic heterocycles. The zero-order valence-corrected chi connectivity index (χ0v) is 14.7. The summed E-state index contributed by atoms with van der Waals surface area (Å²) in [6.07, 6.45) is -4.91. The van der Waals surface area contributed by atoms with Crippen LogP contribution in [0.15, 0.2) is 6.33 Å². The highest BCUT2D eigenvalue weighted by Crippen LogP contribution is 2.39. The van der Waals surface area contributed by atoms with Crippen LogP contribution in [-0.4, -0.2) is 73.5 Å². The van der Waals surface area contributed by atoms with Gasteiger partial charge in [0.1, 0.15) is 12.2 Å². The second-order valence-electron chi connectivity index (χ2n) is 5.91. The molecule has 0 unspecified atom stereocenters. The van der Waals surface area contributed by atoms with E-state index in [4.69, 9.17) is 20.3 Å². The molecule has 0 amide bonds. The van der Waals surface area contributed by atoms with E-state index in [0.717, 1.165) is 0 Å². The molecule has 144 valence electrons. The number of nitrogen functional groups attached to an aromatic ring is 1. The molecule has 0 saturated carbocycles. The van der Waals surface area contributed by atoms with Gasteiger partial charge in [-0.25, -0.2) is 13.9 Å². The summed E-state index contributed by atoms with van der Waals surface area (Å²) in [5, 5.41) is 9.96. The Morgan fingerprint density at radius 2 is 2.15 bits per heavy atom. The molecule has 0 aromatic carbocycles. The second-order valence-corrected chi connectivity index (χ2v) is 7.15. The Morgan fingerprint density at radius 1 is 1.46 bits per heavy atom. The lowest BCUT2D eigenvalue weighted by atomic mass is 10.1. The Balaban J connectivity index is 1.93. The normalized spacial score (nSPS) is 26.5. The smallest absolute Gasteiger partial charge is 0.387 e. The highest BCUT2D eigenvalue weighted by Gasteiger charge is 2.46. The number of fused-ring (bicyclic) bond motifs is 1. The van der Waals surface area contributed by atoms with Gasteiger partial charge in [0.25, 0.3) is 0 Å². The summed E-state index contributed by atoms with van der Waals surface area (Å²) in [5.74, 6) is 0.361. The van der Waals surface area contributed by atoms with Crippen molar-refractivity contribution in [2.75, 3.05) is 31.3 Å². The third-order valence-corrected chi connectivity index (χ3v) is 4.30. The summed E-state index contributed by atoms with van der Waals surface area (Å²) >= 11 is 0. The van der Waals surface area contributed by atoms with E-state index in [1.807, 2.05) is 0 Å². The third kappa shape index (κ3) is 3.49. The Hall–Kier alpha value is -1.89. The number of rotatable bonds is 5. The van der Waals surface area contributed by atoms with Crippen molar-refractivity contribution in [1.82, 2.24) is 19.5 Å². The topological polar surface area (TPSA) is 169 Å². The van der Waals surface area contributed by atoms with Crippen LogP contribution in [0.3, 0.4) is 0 Å². The minimum Gasteiger partial charge on any atom is -0.387 e. The van der Waals surface area contributed by atoms with Crippen molar-refractivity contribution in [3.8, 4) is 0 Å². The first kappa shape index (κ1) is 18.9. The molecule has 12 nitrogen and oxygen atoms in total. The Bertz CT molecular complexity index is 858. The fraction of sp³-hybridized carbons (Fsp3) is 0.583. The zero-order chi connectivity index (χ0) is 19.2. The molecule has 26 heavy (non-hydrogen) atoms. The number of aromatic nitrogens is 4. The van der Waals surface area contributed by atoms with E-state index in [2.05, 4.69) is 19.5 Å². The summed E-state index contributed by atoms with van der Waals surface area (Å²) in [7, 11) is -1.33. The van der Waals surface area contributed by atoms with E-state index < -0.39 is 39.0 Å². The number of imidazole rings is 1. The van der Waals surface area contributed by atoms with Crippen LogP contribution in [0, 0.1) is 0 Å². The molecule has 0 bridgehead atoms. The summed E-state index contributed by atoms with van der Waals surface area (Å²) in [5.41, 5.74) is 6.24. The highest BCUT2D eigenvalue weighted by molar-refractivity contribution is 7.46. The van der Waals surface area contributed by atoms with Gasteiger partial charge in [-0.3, -0.25) is 9.09 Å². The molecule has 4 atom stereocenters. The molecule has 2 aromatic heterocycles. The average Bonchev–Trinajstić information content (AvgIpc) is 3.06. The summed E-state index contributed by atoms with van der Waals surface area (Å²) < 4.78 is 36.3. The van der Waals surface area contributed by atoms with Crippen molar-refractivity contribution in [1.29, 1.82) is 0 Å². The first-order valence-corrected chi connectivity index (χ1v) is 8.96. The number of aliphatic hydroxyl groups is 1. The molecule has 1 aliphatic rings. The first-order valence-electron chi connectivity index (χ1n) is 7.43. The third-order valence-electron chi connectivity index (χ3n) is 3.82. The van der Waals surface area contributed by atoms with Crippen LogP contribution in [0.2, 0.25) is 0 Å². The quantitative estimate of drug-likeness (QED) is 0.469. The summed E-state index contributed by atoms with van der Waals surface area (Å²) in [6, 6.07) is 0. The van der Waals surface area contributed by atoms with Crippen LogP contribution >= 0.6 is 7.82 Å². The lowest BCUT2D eigenvalue weighted by Crippen LogP contribution is -2.31. The second kappa shape index (κ2) is 6.68. The van der Waals surface area contributed by atoms with Crippen molar-refractivity contribution in [2.45, 2.75) is 24.6 Å². The van der Waals surface area contributed by atoms with Crippen molar-refractivity contribution >= 4 is 30.8 Å². The molecular weight excluding hydrogens is 374 g/mol. The zero-order valence-electron chi connectivity index (χ0n) is 13.8. The number of anilines is 2. The number of nitrogens with two attached hydrogens (primary N) is 1. The van der Waals surface area contributed by atoms with Crippen LogP contribution in [0.1, 0.15) is 6.23 Å². The van der Waals surface area contributed by atoms with Crippen LogP contribution < -0.4 is 10.6 Å². The maximum Gasteiger partial charge on any atom is 0.469 e. The monoisotopic (exact) mass is 392 g/mol.